The average molecular weight is 174 g/mol. The summed E-state index contributed by atoms with van der Waals surface area (Å²) >= 11 is 0. The lowest BCUT2D eigenvalue weighted by Crippen LogP contribution is -1.84. The highest BCUT2D eigenvalue weighted by Gasteiger charge is 1.86. The predicted octanol–water partition coefficient (Wildman–Crippen LogP) is 2.64. The Morgan fingerprint density at radius 1 is 1.31 bits per heavy atom. The van der Waals surface area contributed by atoms with Gasteiger partial charge in [-0.05, 0) is 17.6 Å². The molecular formula is C12H14O. The fourth-order valence-electron chi connectivity index (χ4n) is 0.990. The van der Waals surface area contributed by atoms with Crippen LogP contribution in [0.25, 0.3) is 6.08 Å². The zero-order valence-electron chi connectivity index (χ0n) is 7.61. The first-order valence-corrected chi connectivity index (χ1v) is 4.32. The van der Waals surface area contributed by atoms with Crippen LogP contribution in [0.4, 0.5) is 0 Å². The van der Waals surface area contributed by atoms with Gasteiger partial charge in [-0.2, -0.15) is 0 Å². The Balaban J connectivity index is 2.45. The molecule has 0 aliphatic carbocycles. The Kier molecular flexibility index (Phi) is 4.00. The SMILES string of the molecule is C=C(CO)CC=Cc1ccccc1. The molecule has 0 heterocycles. The topological polar surface area (TPSA) is 20.2 Å². The van der Waals surface area contributed by atoms with Gasteiger partial charge in [-0.25, -0.2) is 0 Å². The Bertz CT molecular complexity index is 285. The highest BCUT2D eigenvalue weighted by molar-refractivity contribution is 5.49. The van der Waals surface area contributed by atoms with E-state index in [1.165, 1.54) is 5.56 Å². The van der Waals surface area contributed by atoms with Crippen LogP contribution < -0.4 is 0 Å². The van der Waals surface area contributed by atoms with Crippen molar-refractivity contribution in [2.24, 2.45) is 0 Å². The Hall–Kier alpha value is -1.34. The van der Waals surface area contributed by atoms with Gasteiger partial charge in [0.15, 0.2) is 0 Å². The number of benzene rings is 1. The van der Waals surface area contributed by atoms with Gasteiger partial charge in [0.25, 0.3) is 0 Å². The van der Waals surface area contributed by atoms with Crippen LogP contribution in [0.2, 0.25) is 0 Å². The van der Waals surface area contributed by atoms with Crippen molar-refractivity contribution in [2.45, 2.75) is 6.42 Å². The van der Waals surface area contributed by atoms with Crippen molar-refractivity contribution in [1.82, 2.24) is 0 Å². The molecule has 0 amide bonds. The van der Waals surface area contributed by atoms with Crippen LogP contribution in [-0.2, 0) is 0 Å². The summed E-state index contributed by atoms with van der Waals surface area (Å²) in [7, 11) is 0. The summed E-state index contributed by atoms with van der Waals surface area (Å²) in [6, 6.07) is 10.1. The number of rotatable bonds is 4. The third-order valence-electron chi connectivity index (χ3n) is 1.74. The van der Waals surface area contributed by atoms with Crippen LogP contribution in [0.15, 0.2) is 48.6 Å². The molecule has 1 heteroatoms. The highest BCUT2D eigenvalue weighted by atomic mass is 16.3. The van der Waals surface area contributed by atoms with Crippen LogP contribution in [0.1, 0.15) is 12.0 Å². The number of allylic oxidation sites excluding steroid dienone is 1. The maximum absolute atomic E-state index is 8.70. The lowest BCUT2D eigenvalue weighted by atomic mass is 10.1. The van der Waals surface area contributed by atoms with Gasteiger partial charge in [-0.1, -0.05) is 49.1 Å². The summed E-state index contributed by atoms with van der Waals surface area (Å²) < 4.78 is 0. The third-order valence-corrected chi connectivity index (χ3v) is 1.74. The van der Waals surface area contributed by atoms with Crippen molar-refractivity contribution in [3.05, 3.63) is 54.1 Å². The van der Waals surface area contributed by atoms with E-state index < -0.39 is 0 Å². The van der Waals surface area contributed by atoms with E-state index in [4.69, 9.17) is 5.11 Å². The molecule has 1 N–H and O–H groups in total. The molecule has 1 aromatic rings. The summed E-state index contributed by atoms with van der Waals surface area (Å²) in [5.41, 5.74) is 2.01. The van der Waals surface area contributed by atoms with E-state index >= 15 is 0 Å². The first-order valence-electron chi connectivity index (χ1n) is 4.32. The second kappa shape index (κ2) is 5.33. The monoisotopic (exact) mass is 174 g/mol. The molecule has 0 bridgehead atoms. The van der Waals surface area contributed by atoms with E-state index in [0.29, 0.717) is 0 Å². The second-order valence-corrected chi connectivity index (χ2v) is 2.93. The molecule has 1 rings (SSSR count). The van der Waals surface area contributed by atoms with E-state index in [2.05, 4.69) is 6.58 Å². The van der Waals surface area contributed by atoms with Crippen LogP contribution in [0.3, 0.4) is 0 Å². The molecule has 0 saturated carbocycles. The van der Waals surface area contributed by atoms with E-state index in [1.54, 1.807) is 0 Å². The zero-order valence-corrected chi connectivity index (χ0v) is 7.61. The van der Waals surface area contributed by atoms with Crippen molar-refractivity contribution < 1.29 is 5.11 Å². The standard InChI is InChI=1S/C12H14O/c1-11(10-13)6-5-9-12-7-3-2-4-8-12/h2-5,7-9,13H,1,6,10H2. The van der Waals surface area contributed by atoms with Gasteiger partial charge in [0.05, 0.1) is 6.61 Å². The van der Waals surface area contributed by atoms with Gasteiger partial charge in [0, 0.05) is 0 Å². The molecule has 0 unspecified atom stereocenters. The Morgan fingerprint density at radius 3 is 2.62 bits per heavy atom. The Morgan fingerprint density at radius 2 is 2.00 bits per heavy atom. The molecule has 0 spiro atoms. The number of hydrogen-bond acceptors (Lipinski definition) is 1. The van der Waals surface area contributed by atoms with Gasteiger partial charge >= 0.3 is 0 Å². The minimum absolute atomic E-state index is 0.0686. The van der Waals surface area contributed by atoms with Crippen LogP contribution >= 0.6 is 0 Å². The van der Waals surface area contributed by atoms with Crippen molar-refractivity contribution in [3.8, 4) is 0 Å². The first-order chi connectivity index (χ1) is 6.33. The molecule has 13 heavy (non-hydrogen) atoms. The van der Waals surface area contributed by atoms with Crippen molar-refractivity contribution in [1.29, 1.82) is 0 Å². The minimum atomic E-state index is 0.0686. The molecule has 0 aromatic heterocycles. The van der Waals surface area contributed by atoms with Gasteiger partial charge in [0.2, 0.25) is 0 Å². The smallest absolute Gasteiger partial charge is 0.0642 e. The van der Waals surface area contributed by atoms with Gasteiger partial charge in [-0.15, -0.1) is 0 Å². The lowest BCUT2D eigenvalue weighted by Gasteiger charge is -1.94. The van der Waals surface area contributed by atoms with E-state index in [9.17, 15) is 0 Å². The fourth-order valence-corrected chi connectivity index (χ4v) is 0.990. The second-order valence-electron chi connectivity index (χ2n) is 2.93. The molecule has 0 saturated heterocycles. The van der Waals surface area contributed by atoms with Crippen LogP contribution in [-0.4, -0.2) is 11.7 Å². The summed E-state index contributed by atoms with van der Waals surface area (Å²) in [5, 5.41) is 8.70. The maximum atomic E-state index is 8.70. The number of hydrogen-bond donors (Lipinski definition) is 1. The van der Waals surface area contributed by atoms with Gasteiger partial charge in [0.1, 0.15) is 0 Å². The fraction of sp³-hybridized carbons (Fsp3) is 0.167. The van der Waals surface area contributed by atoms with Crippen molar-refractivity contribution >= 4 is 6.08 Å². The number of aliphatic hydroxyl groups is 1. The summed E-state index contributed by atoms with van der Waals surface area (Å²) in [4.78, 5) is 0. The molecule has 0 aliphatic rings. The van der Waals surface area contributed by atoms with Crippen molar-refractivity contribution in [2.75, 3.05) is 6.61 Å². The normalized spacial score (nSPS) is 10.5. The molecular weight excluding hydrogens is 160 g/mol. The average Bonchev–Trinajstić information content (AvgIpc) is 2.19. The molecule has 0 aliphatic heterocycles. The lowest BCUT2D eigenvalue weighted by molar-refractivity contribution is 0.329. The zero-order chi connectivity index (χ0) is 9.52. The Labute approximate surface area is 79.0 Å². The predicted molar refractivity (Wildman–Crippen MR) is 56.3 cm³/mol. The van der Waals surface area contributed by atoms with Crippen LogP contribution in [0, 0.1) is 0 Å². The molecule has 0 radical (unpaired) electrons. The molecule has 0 fully saturated rings. The maximum Gasteiger partial charge on any atom is 0.0642 e. The van der Waals surface area contributed by atoms with E-state index in [-0.39, 0.29) is 6.61 Å². The van der Waals surface area contributed by atoms with E-state index in [0.717, 1.165) is 12.0 Å². The van der Waals surface area contributed by atoms with Crippen molar-refractivity contribution in [3.63, 3.8) is 0 Å². The highest BCUT2D eigenvalue weighted by Crippen LogP contribution is 2.04. The van der Waals surface area contributed by atoms with E-state index in [1.807, 2.05) is 42.5 Å². The van der Waals surface area contributed by atoms with Gasteiger partial charge < -0.3 is 5.11 Å². The quantitative estimate of drug-likeness (QED) is 0.696. The first kappa shape index (κ1) is 9.75. The van der Waals surface area contributed by atoms with Crippen LogP contribution in [0.5, 0.6) is 0 Å². The third kappa shape index (κ3) is 3.72. The molecule has 1 aromatic carbocycles. The summed E-state index contributed by atoms with van der Waals surface area (Å²) in [5.74, 6) is 0. The summed E-state index contributed by atoms with van der Waals surface area (Å²) in [6.45, 7) is 3.77. The molecule has 0 atom stereocenters. The molecule has 68 valence electrons. The summed E-state index contributed by atoms with van der Waals surface area (Å²) in [6.07, 6.45) is 4.78. The largest absolute Gasteiger partial charge is 0.392 e. The molecule has 1 nitrogen and oxygen atoms in total. The number of aliphatic hydroxyl groups excluding tert-OH is 1. The van der Waals surface area contributed by atoms with Gasteiger partial charge in [-0.3, -0.25) is 0 Å². The minimum Gasteiger partial charge on any atom is -0.392 e.